The summed E-state index contributed by atoms with van der Waals surface area (Å²) >= 11 is 0. The van der Waals surface area contributed by atoms with E-state index < -0.39 is 0 Å². The fourth-order valence-electron chi connectivity index (χ4n) is 1.62. The van der Waals surface area contributed by atoms with Crippen molar-refractivity contribution in [2.24, 2.45) is 0 Å². The van der Waals surface area contributed by atoms with Crippen LogP contribution in [0.1, 0.15) is 11.1 Å². The molecule has 1 aromatic heterocycles. The molecule has 5 heteroatoms. The van der Waals surface area contributed by atoms with Crippen LogP contribution in [0.25, 0.3) is 6.08 Å². The molecule has 0 radical (unpaired) electrons. The molecule has 1 amide bonds. The molecule has 0 saturated carbocycles. The summed E-state index contributed by atoms with van der Waals surface area (Å²) in [6.07, 6.45) is 6.42. The summed E-state index contributed by atoms with van der Waals surface area (Å²) < 4.78 is 13.0. The molecule has 0 fully saturated rings. The number of hydrogen-bond donors (Lipinski definition) is 1. The molecule has 2 rings (SSSR count). The van der Waals surface area contributed by atoms with Crippen LogP contribution in [0.2, 0.25) is 0 Å². The molecular formula is C14H14FN3O. The van der Waals surface area contributed by atoms with Crippen molar-refractivity contribution in [3.8, 4) is 0 Å². The monoisotopic (exact) mass is 259 g/mol. The number of hydrogen-bond acceptors (Lipinski definition) is 2. The SMILES string of the molecule is CN(Cc1cn[nH]c1)C(=O)C=Cc1cccc(F)c1. The van der Waals surface area contributed by atoms with Gasteiger partial charge in [0.25, 0.3) is 0 Å². The van der Waals surface area contributed by atoms with E-state index in [-0.39, 0.29) is 11.7 Å². The Morgan fingerprint density at radius 1 is 1.53 bits per heavy atom. The number of rotatable bonds is 4. The predicted octanol–water partition coefficient (Wildman–Crippen LogP) is 2.22. The van der Waals surface area contributed by atoms with Crippen LogP contribution in [-0.2, 0) is 11.3 Å². The van der Waals surface area contributed by atoms with E-state index in [0.29, 0.717) is 12.1 Å². The zero-order valence-corrected chi connectivity index (χ0v) is 10.5. The summed E-state index contributed by atoms with van der Waals surface area (Å²) in [7, 11) is 1.70. The van der Waals surface area contributed by atoms with Gasteiger partial charge in [-0.05, 0) is 23.8 Å². The Balaban J connectivity index is 1.96. The molecule has 1 heterocycles. The minimum absolute atomic E-state index is 0.148. The van der Waals surface area contributed by atoms with Crippen LogP contribution >= 0.6 is 0 Å². The van der Waals surface area contributed by atoms with Crippen molar-refractivity contribution in [1.29, 1.82) is 0 Å². The van der Waals surface area contributed by atoms with Crippen molar-refractivity contribution < 1.29 is 9.18 Å². The molecule has 1 N–H and O–H groups in total. The summed E-state index contributed by atoms with van der Waals surface area (Å²) in [5, 5.41) is 6.51. The first-order valence-electron chi connectivity index (χ1n) is 5.81. The Morgan fingerprint density at radius 3 is 3.05 bits per heavy atom. The Morgan fingerprint density at radius 2 is 2.37 bits per heavy atom. The average molecular weight is 259 g/mol. The van der Waals surface area contributed by atoms with Gasteiger partial charge < -0.3 is 4.90 Å². The first-order chi connectivity index (χ1) is 9.15. The molecule has 0 spiro atoms. The molecule has 0 aliphatic carbocycles. The van der Waals surface area contributed by atoms with Crippen molar-refractivity contribution in [3.05, 3.63) is 59.7 Å². The van der Waals surface area contributed by atoms with Crippen molar-refractivity contribution in [2.45, 2.75) is 6.54 Å². The largest absolute Gasteiger partial charge is 0.338 e. The molecule has 1 aromatic carbocycles. The van der Waals surface area contributed by atoms with Gasteiger partial charge in [-0.15, -0.1) is 0 Å². The van der Waals surface area contributed by atoms with Crippen LogP contribution in [0.3, 0.4) is 0 Å². The number of halogens is 1. The van der Waals surface area contributed by atoms with Crippen LogP contribution in [0.4, 0.5) is 4.39 Å². The number of aromatic amines is 1. The third kappa shape index (κ3) is 3.77. The number of carbonyl (C=O) groups is 1. The fraction of sp³-hybridized carbons (Fsp3) is 0.143. The van der Waals surface area contributed by atoms with E-state index in [1.807, 2.05) is 0 Å². The molecular weight excluding hydrogens is 245 g/mol. The van der Waals surface area contributed by atoms with Gasteiger partial charge in [0.1, 0.15) is 5.82 Å². The quantitative estimate of drug-likeness (QED) is 0.856. The van der Waals surface area contributed by atoms with E-state index in [2.05, 4.69) is 10.2 Å². The maximum Gasteiger partial charge on any atom is 0.246 e. The lowest BCUT2D eigenvalue weighted by atomic mass is 10.2. The zero-order chi connectivity index (χ0) is 13.7. The normalized spacial score (nSPS) is 10.8. The first kappa shape index (κ1) is 13.0. The van der Waals surface area contributed by atoms with Crippen LogP contribution in [-0.4, -0.2) is 28.1 Å². The Labute approximate surface area is 110 Å². The number of nitrogens with zero attached hydrogens (tertiary/aromatic N) is 2. The van der Waals surface area contributed by atoms with E-state index >= 15 is 0 Å². The van der Waals surface area contributed by atoms with Gasteiger partial charge in [0.15, 0.2) is 0 Å². The van der Waals surface area contributed by atoms with E-state index in [0.717, 1.165) is 5.56 Å². The highest BCUT2D eigenvalue weighted by molar-refractivity contribution is 5.91. The maximum atomic E-state index is 13.0. The number of carbonyl (C=O) groups excluding carboxylic acids is 1. The molecule has 0 aliphatic rings. The topological polar surface area (TPSA) is 49.0 Å². The minimum atomic E-state index is -0.318. The predicted molar refractivity (Wildman–Crippen MR) is 70.5 cm³/mol. The average Bonchev–Trinajstić information content (AvgIpc) is 2.89. The smallest absolute Gasteiger partial charge is 0.246 e. The second kappa shape index (κ2) is 5.95. The third-order valence-corrected chi connectivity index (χ3v) is 2.62. The van der Waals surface area contributed by atoms with Crippen LogP contribution in [0.15, 0.2) is 42.7 Å². The highest BCUT2D eigenvalue weighted by Gasteiger charge is 2.06. The van der Waals surface area contributed by atoms with Crippen molar-refractivity contribution in [3.63, 3.8) is 0 Å². The summed E-state index contributed by atoms with van der Waals surface area (Å²) in [6, 6.07) is 6.08. The zero-order valence-electron chi connectivity index (χ0n) is 10.5. The summed E-state index contributed by atoms with van der Waals surface area (Å²) in [5.41, 5.74) is 1.58. The maximum absolute atomic E-state index is 13.0. The molecule has 19 heavy (non-hydrogen) atoms. The Hall–Kier alpha value is -2.43. The lowest BCUT2D eigenvalue weighted by Gasteiger charge is -2.13. The molecule has 0 aliphatic heterocycles. The van der Waals surface area contributed by atoms with Crippen LogP contribution < -0.4 is 0 Å². The first-order valence-corrected chi connectivity index (χ1v) is 5.81. The molecule has 4 nitrogen and oxygen atoms in total. The number of benzene rings is 1. The lowest BCUT2D eigenvalue weighted by molar-refractivity contribution is -0.125. The van der Waals surface area contributed by atoms with Crippen LogP contribution in [0.5, 0.6) is 0 Å². The number of amides is 1. The van der Waals surface area contributed by atoms with Gasteiger partial charge in [-0.1, -0.05) is 12.1 Å². The third-order valence-electron chi connectivity index (χ3n) is 2.62. The Bertz CT molecular complexity index is 578. The van der Waals surface area contributed by atoms with Gasteiger partial charge in [-0.25, -0.2) is 4.39 Å². The van der Waals surface area contributed by atoms with E-state index in [1.54, 1.807) is 42.6 Å². The van der Waals surface area contributed by atoms with Crippen LogP contribution in [0, 0.1) is 5.82 Å². The fourth-order valence-corrected chi connectivity index (χ4v) is 1.62. The van der Waals surface area contributed by atoms with E-state index in [9.17, 15) is 9.18 Å². The van der Waals surface area contributed by atoms with Gasteiger partial charge in [0, 0.05) is 31.4 Å². The molecule has 98 valence electrons. The molecule has 0 saturated heterocycles. The number of likely N-dealkylation sites (N-methyl/N-ethyl adjacent to an activating group) is 1. The van der Waals surface area contributed by atoms with E-state index in [1.165, 1.54) is 18.2 Å². The van der Waals surface area contributed by atoms with Gasteiger partial charge in [0.2, 0.25) is 5.91 Å². The number of aromatic nitrogens is 2. The summed E-state index contributed by atoms with van der Waals surface area (Å²) in [4.78, 5) is 13.4. The number of nitrogens with one attached hydrogen (secondary N) is 1. The molecule has 0 unspecified atom stereocenters. The van der Waals surface area contributed by atoms with Crippen molar-refractivity contribution in [2.75, 3.05) is 7.05 Å². The highest BCUT2D eigenvalue weighted by atomic mass is 19.1. The Kier molecular flexibility index (Phi) is 4.07. The highest BCUT2D eigenvalue weighted by Crippen LogP contribution is 2.06. The molecule has 0 atom stereocenters. The van der Waals surface area contributed by atoms with Gasteiger partial charge in [-0.2, -0.15) is 5.10 Å². The van der Waals surface area contributed by atoms with Gasteiger partial charge >= 0.3 is 0 Å². The van der Waals surface area contributed by atoms with Crippen molar-refractivity contribution >= 4 is 12.0 Å². The second-order valence-electron chi connectivity index (χ2n) is 4.19. The van der Waals surface area contributed by atoms with Gasteiger partial charge in [0.05, 0.1) is 6.20 Å². The molecule has 2 aromatic rings. The van der Waals surface area contributed by atoms with E-state index in [4.69, 9.17) is 0 Å². The lowest BCUT2D eigenvalue weighted by Crippen LogP contribution is -2.23. The minimum Gasteiger partial charge on any atom is -0.338 e. The second-order valence-corrected chi connectivity index (χ2v) is 4.19. The van der Waals surface area contributed by atoms with Gasteiger partial charge in [-0.3, -0.25) is 9.89 Å². The number of H-pyrrole nitrogens is 1. The van der Waals surface area contributed by atoms with Crippen molar-refractivity contribution in [1.82, 2.24) is 15.1 Å². The summed E-state index contributed by atoms with van der Waals surface area (Å²) in [5.74, 6) is -0.466. The molecule has 0 bridgehead atoms. The standard InChI is InChI=1S/C14H14FN3O/c1-18(10-12-8-16-17-9-12)14(19)6-5-11-3-2-4-13(15)7-11/h2-9H,10H2,1H3,(H,16,17). The summed E-state index contributed by atoms with van der Waals surface area (Å²) in [6.45, 7) is 0.475.